The molecule has 0 radical (unpaired) electrons. The molecule has 0 unspecified atom stereocenters. The first-order valence-corrected chi connectivity index (χ1v) is 8.59. The van der Waals surface area contributed by atoms with Crippen molar-refractivity contribution in [2.24, 2.45) is 0 Å². The van der Waals surface area contributed by atoms with Crippen LogP contribution in [-0.2, 0) is 14.8 Å². The second-order valence-corrected chi connectivity index (χ2v) is 7.17. The Morgan fingerprint density at radius 1 is 1.20 bits per heavy atom. The third-order valence-corrected chi connectivity index (χ3v) is 5.37. The van der Waals surface area contributed by atoms with E-state index in [9.17, 15) is 8.42 Å². The molecular weight excluding hydrogens is 323 g/mol. The maximum Gasteiger partial charge on any atom is 0.240 e. The van der Waals surface area contributed by atoms with E-state index in [-0.39, 0.29) is 9.92 Å². The molecule has 8 heteroatoms. The minimum Gasteiger partial charge on any atom is -0.370 e. The van der Waals surface area contributed by atoms with Crippen molar-refractivity contribution in [3.05, 3.63) is 28.2 Å². The minimum atomic E-state index is -3.54. The van der Waals surface area contributed by atoms with Crippen molar-refractivity contribution in [3.8, 4) is 0 Å². The molecule has 1 aliphatic heterocycles. The number of hydrogen-bond acceptors (Lipinski definition) is 3. The largest absolute Gasteiger partial charge is 0.370 e. The molecule has 1 heterocycles. The lowest BCUT2D eigenvalue weighted by Crippen LogP contribution is -3.14. The Labute approximate surface area is 128 Å². The zero-order chi connectivity index (χ0) is 14.6. The fourth-order valence-electron chi connectivity index (χ4n) is 2.00. The molecule has 0 amide bonds. The van der Waals surface area contributed by atoms with Gasteiger partial charge < -0.3 is 9.64 Å². The normalized spacial score (nSPS) is 17.3. The summed E-state index contributed by atoms with van der Waals surface area (Å²) in [5.41, 5.74) is 0. The van der Waals surface area contributed by atoms with Gasteiger partial charge in [-0.25, -0.2) is 13.1 Å². The van der Waals surface area contributed by atoms with E-state index in [0.717, 1.165) is 32.8 Å². The molecule has 0 spiro atoms. The van der Waals surface area contributed by atoms with Crippen LogP contribution in [0.4, 0.5) is 0 Å². The van der Waals surface area contributed by atoms with E-state index in [1.165, 1.54) is 23.1 Å². The van der Waals surface area contributed by atoms with E-state index < -0.39 is 10.0 Å². The van der Waals surface area contributed by atoms with Crippen LogP contribution in [-0.4, -0.2) is 47.8 Å². The summed E-state index contributed by atoms with van der Waals surface area (Å²) in [6.07, 6.45) is 0. The third kappa shape index (κ3) is 4.31. The van der Waals surface area contributed by atoms with Crippen molar-refractivity contribution in [1.82, 2.24) is 4.72 Å². The highest BCUT2D eigenvalue weighted by molar-refractivity contribution is 7.89. The lowest BCUT2D eigenvalue weighted by atomic mass is 10.4. The quantitative estimate of drug-likeness (QED) is 0.804. The molecule has 112 valence electrons. The van der Waals surface area contributed by atoms with Crippen molar-refractivity contribution in [1.29, 1.82) is 0 Å². The first kappa shape index (κ1) is 16.0. The van der Waals surface area contributed by atoms with Crippen LogP contribution in [0.5, 0.6) is 0 Å². The Balaban J connectivity index is 1.91. The first-order chi connectivity index (χ1) is 9.49. The maximum absolute atomic E-state index is 12.1. The molecule has 0 bridgehead atoms. The summed E-state index contributed by atoms with van der Waals surface area (Å²) in [6, 6.07) is 4.28. The van der Waals surface area contributed by atoms with E-state index in [0.29, 0.717) is 11.6 Å². The number of halogens is 2. The van der Waals surface area contributed by atoms with Gasteiger partial charge in [-0.2, -0.15) is 0 Å². The van der Waals surface area contributed by atoms with Gasteiger partial charge in [-0.1, -0.05) is 23.2 Å². The van der Waals surface area contributed by atoms with Crippen LogP contribution in [0.3, 0.4) is 0 Å². The summed E-state index contributed by atoms with van der Waals surface area (Å²) in [5, 5.41) is 0.566. The summed E-state index contributed by atoms with van der Waals surface area (Å²) < 4.78 is 32.0. The average molecular weight is 340 g/mol. The van der Waals surface area contributed by atoms with Crippen LogP contribution >= 0.6 is 23.2 Å². The fraction of sp³-hybridized carbons (Fsp3) is 0.500. The van der Waals surface area contributed by atoms with Gasteiger partial charge in [0.1, 0.15) is 13.1 Å². The number of rotatable bonds is 5. The fourth-order valence-corrected chi connectivity index (χ4v) is 3.42. The summed E-state index contributed by atoms with van der Waals surface area (Å²) in [5.74, 6) is 0. The smallest absolute Gasteiger partial charge is 0.240 e. The average Bonchev–Trinajstić information content (AvgIpc) is 2.43. The van der Waals surface area contributed by atoms with Crippen LogP contribution in [0, 0.1) is 0 Å². The Bertz CT molecular complexity index is 560. The van der Waals surface area contributed by atoms with Crippen LogP contribution < -0.4 is 9.62 Å². The highest BCUT2D eigenvalue weighted by Crippen LogP contribution is 2.24. The third-order valence-electron chi connectivity index (χ3n) is 3.17. The van der Waals surface area contributed by atoms with E-state index >= 15 is 0 Å². The summed E-state index contributed by atoms with van der Waals surface area (Å²) >= 11 is 11.6. The molecule has 1 aromatic rings. The number of morpholine rings is 1. The van der Waals surface area contributed by atoms with Crippen LogP contribution in [0.2, 0.25) is 10.0 Å². The van der Waals surface area contributed by atoms with Crippen molar-refractivity contribution < 1.29 is 18.1 Å². The molecule has 2 rings (SSSR count). The summed E-state index contributed by atoms with van der Waals surface area (Å²) in [6.45, 7) is 4.41. The van der Waals surface area contributed by atoms with Gasteiger partial charge >= 0.3 is 0 Å². The monoisotopic (exact) mass is 339 g/mol. The molecule has 0 aliphatic carbocycles. The van der Waals surface area contributed by atoms with Crippen molar-refractivity contribution >= 4 is 33.2 Å². The molecule has 20 heavy (non-hydrogen) atoms. The van der Waals surface area contributed by atoms with Gasteiger partial charge in [0.25, 0.3) is 0 Å². The van der Waals surface area contributed by atoms with E-state index in [2.05, 4.69) is 4.72 Å². The number of ether oxygens (including phenoxy) is 1. The molecule has 0 saturated carbocycles. The van der Waals surface area contributed by atoms with E-state index in [1.54, 1.807) is 0 Å². The molecule has 1 aliphatic rings. The van der Waals surface area contributed by atoms with Gasteiger partial charge in [-0.15, -0.1) is 0 Å². The van der Waals surface area contributed by atoms with Gasteiger partial charge in [-0.05, 0) is 18.2 Å². The predicted octanol–water partition coefficient (Wildman–Crippen LogP) is 0.187. The van der Waals surface area contributed by atoms with Gasteiger partial charge in [0.2, 0.25) is 10.0 Å². The predicted molar refractivity (Wildman–Crippen MR) is 78.0 cm³/mol. The van der Waals surface area contributed by atoms with Crippen molar-refractivity contribution in [2.45, 2.75) is 4.90 Å². The van der Waals surface area contributed by atoms with Crippen LogP contribution in [0.15, 0.2) is 23.1 Å². The number of sulfonamides is 1. The maximum atomic E-state index is 12.1. The van der Waals surface area contributed by atoms with Gasteiger partial charge in [-0.3, -0.25) is 0 Å². The van der Waals surface area contributed by atoms with Gasteiger partial charge in [0.15, 0.2) is 0 Å². The Morgan fingerprint density at radius 3 is 2.55 bits per heavy atom. The number of benzene rings is 1. The molecule has 0 aromatic heterocycles. The zero-order valence-electron chi connectivity index (χ0n) is 10.9. The SMILES string of the molecule is O=S(=O)(NCC[NH+]1CCOCC1)c1ccc(Cl)c(Cl)c1. The summed E-state index contributed by atoms with van der Waals surface area (Å²) in [4.78, 5) is 1.47. The standard InChI is InChI=1S/C12H16Cl2N2O3S/c13-11-2-1-10(9-12(11)14)20(17,18)15-3-4-16-5-7-19-8-6-16/h1-2,9,15H,3-8H2/p+1. The minimum absolute atomic E-state index is 0.129. The van der Waals surface area contributed by atoms with Crippen molar-refractivity contribution in [3.63, 3.8) is 0 Å². The molecule has 1 saturated heterocycles. The Hall–Kier alpha value is -0.370. The molecule has 5 nitrogen and oxygen atoms in total. The Morgan fingerprint density at radius 2 is 1.90 bits per heavy atom. The number of quaternary nitrogens is 1. The molecule has 2 N–H and O–H groups in total. The number of hydrogen-bond donors (Lipinski definition) is 2. The lowest BCUT2D eigenvalue weighted by molar-refractivity contribution is -0.906. The van der Waals surface area contributed by atoms with Crippen LogP contribution in [0.1, 0.15) is 0 Å². The van der Waals surface area contributed by atoms with Crippen molar-refractivity contribution in [2.75, 3.05) is 39.4 Å². The summed E-state index contributed by atoms with van der Waals surface area (Å²) in [7, 11) is -3.54. The second-order valence-electron chi connectivity index (χ2n) is 4.59. The molecular formula is C12H17Cl2N2O3S+. The Kier molecular flexibility index (Phi) is 5.65. The van der Waals surface area contributed by atoms with E-state index in [1.807, 2.05) is 0 Å². The molecule has 0 atom stereocenters. The molecule has 1 aromatic carbocycles. The highest BCUT2D eigenvalue weighted by Gasteiger charge is 2.18. The number of nitrogens with one attached hydrogen (secondary N) is 2. The second kappa shape index (κ2) is 7.06. The van der Waals surface area contributed by atoms with Crippen LogP contribution in [0.25, 0.3) is 0 Å². The first-order valence-electron chi connectivity index (χ1n) is 6.35. The van der Waals surface area contributed by atoms with Gasteiger partial charge in [0.05, 0.1) is 41.2 Å². The topological polar surface area (TPSA) is 59.8 Å². The van der Waals surface area contributed by atoms with E-state index in [4.69, 9.17) is 27.9 Å². The molecule has 1 fully saturated rings. The van der Waals surface area contributed by atoms with Gasteiger partial charge in [0, 0.05) is 0 Å². The highest BCUT2D eigenvalue weighted by atomic mass is 35.5. The lowest BCUT2D eigenvalue weighted by Gasteiger charge is -2.23. The zero-order valence-corrected chi connectivity index (χ0v) is 13.2.